The average Bonchev–Trinajstić information content (AvgIpc) is 3.49. The van der Waals surface area contributed by atoms with E-state index in [1.165, 1.54) is 16.7 Å². The van der Waals surface area contributed by atoms with Gasteiger partial charge in [-0.05, 0) is 49.9 Å². The second-order valence-corrected chi connectivity index (χ2v) is 14.5. The number of aromatic nitrogens is 1. The third-order valence-electron chi connectivity index (χ3n) is 9.74. The Morgan fingerprint density at radius 3 is 2.53 bits per heavy atom. The predicted octanol–water partition coefficient (Wildman–Crippen LogP) is 3.33. The van der Waals surface area contributed by atoms with Gasteiger partial charge >= 0.3 is 5.97 Å². The number of carbonyl (C=O) groups is 4. The fraction of sp³-hybridized carbons (Fsp3) is 0.424. The molecule has 2 saturated heterocycles. The third kappa shape index (κ3) is 4.52. The first kappa shape index (κ1) is 29.4. The minimum absolute atomic E-state index is 0.0787. The first-order chi connectivity index (χ1) is 21.5. The maximum absolute atomic E-state index is 13.9. The molecule has 6 atom stereocenters. The van der Waals surface area contributed by atoms with Crippen molar-refractivity contribution in [2.45, 2.75) is 79.7 Å². The number of β-lactam (4-membered cyclic amide) rings is 1. The van der Waals surface area contributed by atoms with Crippen LogP contribution < -0.4 is 20.8 Å². The van der Waals surface area contributed by atoms with Crippen LogP contribution in [-0.2, 0) is 14.4 Å². The van der Waals surface area contributed by atoms with Gasteiger partial charge in [0.05, 0.1) is 18.0 Å². The first-order valence-electron chi connectivity index (χ1n) is 15.2. The van der Waals surface area contributed by atoms with Gasteiger partial charge in [-0.3, -0.25) is 19.2 Å². The number of amides is 3. The van der Waals surface area contributed by atoms with Crippen LogP contribution in [0, 0.1) is 0 Å². The lowest BCUT2D eigenvalue weighted by molar-refractivity contribution is -0.161. The van der Waals surface area contributed by atoms with E-state index in [0.29, 0.717) is 16.7 Å². The van der Waals surface area contributed by atoms with Gasteiger partial charge in [0.15, 0.2) is 0 Å². The maximum Gasteiger partial charge on any atom is 0.327 e. The molecule has 4 aliphatic rings. The van der Waals surface area contributed by atoms with E-state index in [1.54, 1.807) is 63.6 Å². The summed E-state index contributed by atoms with van der Waals surface area (Å²) < 4.78 is 6.84. The molecule has 3 amide bonds. The van der Waals surface area contributed by atoms with Crippen molar-refractivity contribution in [3.05, 3.63) is 75.6 Å². The number of pyridine rings is 1. The Balaban J connectivity index is 1.21. The fourth-order valence-electron chi connectivity index (χ4n) is 7.67. The summed E-state index contributed by atoms with van der Waals surface area (Å²) in [6.45, 7) is 3.52. The first-order valence-corrected chi connectivity index (χ1v) is 16.1. The molecule has 0 radical (unpaired) electrons. The van der Waals surface area contributed by atoms with Crippen LogP contribution in [0.4, 0.5) is 0 Å². The van der Waals surface area contributed by atoms with Crippen molar-refractivity contribution in [1.82, 2.24) is 20.1 Å². The molecule has 1 aliphatic carbocycles. The second-order valence-electron chi connectivity index (χ2n) is 12.8. The highest BCUT2D eigenvalue weighted by atomic mass is 32.2. The summed E-state index contributed by atoms with van der Waals surface area (Å²) in [5.74, 6) is -2.13. The summed E-state index contributed by atoms with van der Waals surface area (Å²) in [5.41, 5.74) is 1.84. The highest BCUT2D eigenvalue weighted by Gasteiger charge is 2.64. The van der Waals surface area contributed by atoms with E-state index in [4.69, 9.17) is 4.74 Å². The minimum Gasteiger partial charge on any atom is -0.497 e. The topological polar surface area (TPSA) is 147 Å². The quantitative estimate of drug-likeness (QED) is 0.337. The van der Waals surface area contributed by atoms with E-state index in [0.717, 1.165) is 36.8 Å². The lowest BCUT2D eigenvalue weighted by Gasteiger charge is -2.44. The molecule has 4 heterocycles. The Morgan fingerprint density at radius 2 is 1.82 bits per heavy atom. The highest BCUT2D eigenvalue weighted by Crippen LogP contribution is 2.51. The summed E-state index contributed by atoms with van der Waals surface area (Å²) in [5, 5.41) is 15.1. The summed E-state index contributed by atoms with van der Waals surface area (Å²) in [6.07, 6.45) is 5.69. The van der Waals surface area contributed by atoms with Crippen molar-refractivity contribution < 1.29 is 29.0 Å². The Labute approximate surface area is 263 Å². The number of carboxylic acid groups (broad SMARTS) is 1. The summed E-state index contributed by atoms with van der Waals surface area (Å²) in [6, 6.07) is 9.22. The van der Waals surface area contributed by atoms with Crippen LogP contribution >= 0.6 is 11.8 Å². The number of thioether (sulfide) groups is 1. The molecular weight excluding hydrogens is 596 g/mol. The number of benzene rings is 2. The molecule has 11 nitrogen and oxygen atoms in total. The normalized spacial score (nSPS) is 26.4. The van der Waals surface area contributed by atoms with Crippen molar-refractivity contribution in [3.63, 3.8) is 0 Å². The number of carboxylic acids is 1. The molecule has 3 N–H and O–H groups in total. The molecule has 45 heavy (non-hydrogen) atoms. The number of carbonyl (C=O) groups excluding carboxylic acids is 3. The number of rotatable bonds is 7. The monoisotopic (exact) mass is 630 g/mol. The van der Waals surface area contributed by atoms with Crippen LogP contribution in [0.2, 0.25) is 0 Å². The number of ether oxygens (including phenoxy) is 1. The van der Waals surface area contributed by atoms with Crippen molar-refractivity contribution in [2.24, 2.45) is 0 Å². The summed E-state index contributed by atoms with van der Waals surface area (Å²) >= 11 is 1.32. The minimum atomic E-state index is -1.22. The molecule has 12 heteroatoms. The van der Waals surface area contributed by atoms with E-state index in [1.807, 2.05) is 6.07 Å². The Bertz CT molecular complexity index is 1820. The van der Waals surface area contributed by atoms with Gasteiger partial charge in [-0.1, -0.05) is 43.2 Å². The second kappa shape index (κ2) is 10.6. The number of fused-ring (bicyclic) bond motifs is 4. The number of methoxy groups -OCH3 is 1. The molecule has 0 bridgehead atoms. The number of nitrogens with zero attached hydrogens (tertiary/aromatic N) is 2. The van der Waals surface area contributed by atoms with E-state index in [9.17, 15) is 29.1 Å². The molecule has 2 aromatic carbocycles. The molecule has 1 aromatic heterocycles. The van der Waals surface area contributed by atoms with Crippen LogP contribution in [0.5, 0.6) is 5.75 Å². The Kier molecular flexibility index (Phi) is 6.95. The van der Waals surface area contributed by atoms with Gasteiger partial charge in [0.25, 0.3) is 5.91 Å². The Hall–Kier alpha value is -4.32. The van der Waals surface area contributed by atoms with E-state index in [-0.39, 0.29) is 17.5 Å². The zero-order valence-corrected chi connectivity index (χ0v) is 25.9. The van der Waals surface area contributed by atoms with E-state index >= 15 is 0 Å². The van der Waals surface area contributed by atoms with Crippen LogP contribution in [0.25, 0.3) is 10.9 Å². The van der Waals surface area contributed by atoms with Gasteiger partial charge in [0, 0.05) is 22.9 Å². The number of hydrogen-bond acceptors (Lipinski definition) is 7. The number of hydrogen-bond donors (Lipinski definition) is 3. The smallest absolute Gasteiger partial charge is 0.327 e. The SMILES string of the molecule is COc1cc2c3c(c1)c(=O)c(C(=O)NC(C(=O)NC1C(=O)N4C1SC(C)(C)C4C(=O)O)c1ccccc1)cn3C1CCCCC21. The van der Waals surface area contributed by atoms with E-state index < -0.39 is 57.4 Å². The van der Waals surface area contributed by atoms with Crippen LogP contribution in [0.15, 0.2) is 53.5 Å². The summed E-state index contributed by atoms with van der Waals surface area (Å²) in [4.78, 5) is 67.9. The molecule has 1 saturated carbocycles. The molecule has 3 fully saturated rings. The van der Waals surface area contributed by atoms with Crippen molar-refractivity contribution in [3.8, 4) is 5.75 Å². The zero-order valence-electron chi connectivity index (χ0n) is 25.1. The van der Waals surface area contributed by atoms with Crippen LogP contribution in [-0.4, -0.2) is 67.6 Å². The Morgan fingerprint density at radius 1 is 1.09 bits per heavy atom. The van der Waals surface area contributed by atoms with Crippen molar-refractivity contribution in [2.75, 3.05) is 7.11 Å². The van der Waals surface area contributed by atoms with Crippen molar-refractivity contribution >= 4 is 46.4 Å². The predicted molar refractivity (Wildman–Crippen MR) is 167 cm³/mol. The number of nitrogens with one attached hydrogen (secondary N) is 2. The van der Waals surface area contributed by atoms with Crippen molar-refractivity contribution in [1.29, 1.82) is 0 Å². The summed E-state index contributed by atoms with van der Waals surface area (Å²) in [7, 11) is 1.55. The van der Waals surface area contributed by atoms with Gasteiger partial charge in [-0.15, -0.1) is 11.8 Å². The molecule has 0 spiro atoms. The van der Waals surface area contributed by atoms with Gasteiger partial charge < -0.3 is 29.9 Å². The zero-order chi connectivity index (χ0) is 31.8. The standard InChI is InChI=1S/C33H34N4O7S/c1-33(2)27(32(42)43)37-30(41)24(31(37)45-33)35-29(40)23(16-9-5-4-6-10-16)34-28(39)21-15-36-22-12-8-7-11-18(22)19-13-17(44-3)14-20(25(19)36)26(21)38/h4-6,9-10,13-15,18,22-24,27,31H,7-8,11-12H2,1-3H3,(H,34,39)(H,35,40)(H,42,43). The molecule has 234 valence electrons. The molecule has 3 aliphatic heterocycles. The lowest BCUT2D eigenvalue weighted by atomic mass is 9.82. The van der Waals surface area contributed by atoms with Crippen LogP contribution in [0.3, 0.4) is 0 Å². The van der Waals surface area contributed by atoms with Gasteiger partial charge in [-0.25, -0.2) is 4.79 Å². The van der Waals surface area contributed by atoms with Gasteiger partial charge in [0.1, 0.15) is 34.8 Å². The molecule has 6 unspecified atom stereocenters. The lowest BCUT2D eigenvalue weighted by Crippen LogP contribution is -2.71. The molecule has 3 aromatic rings. The van der Waals surface area contributed by atoms with E-state index in [2.05, 4.69) is 15.2 Å². The average molecular weight is 631 g/mol. The van der Waals surface area contributed by atoms with Crippen LogP contribution in [0.1, 0.15) is 79.0 Å². The van der Waals surface area contributed by atoms with Gasteiger partial charge in [0.2, 0.25) is 17.2 Å². The number of aliphatic carboxylic acids is 1. The highest BCUT2D eigenvalue weighted by molar-refractivity contribution is 8.01. The molecule has 7 rings (SSSR count). The third-order valence-corrected chi connectivity index (χ3v) is 11.3. The maximum atomic E-state index is 13.9. The van der Waals surface area contributed by atoms with Gasteiger partial charge in [-0.2, -0.15) is 0 Å². The fourth-order valence-corrected chi connectivity index (χ4v) is 9.29. The molecular formula is C33H34N4O7S. The largest absolute Gasteiger partial charge is 0.497 e.